The van der Waals surface area contributed by atoms with Crippen LogP contribution in [0.4, 0.5) is 0 Å². The zero-order valence-corrected chi connectivity index (χ0v) is 11.8. The van der Waals surface area contributed by atoms with E-state index in [1.807, 2.05) is 19.9 Å². The fourth-order valence-corrected chi connectivity index (χ4v) is 1.76. The lowest BCUT2D eigenvalue weighted by Crippen LogP contribution is -2.39. The van der Waals surface area contributed by atoms with Gasteiger partial charge in [0.1, 0.15) is 11.8 Å². The van der Waals surface area contributed by atoms with E-state index in [0.29, 0.717) is 11.3 Å². The van der Waals surface area contributed by atoms with Crippen LogP contribution in [0.2, 0.25) is 0 Å². The maximum absolute atomic E-state index is 12.3. The van der Waals surface area contributed by atoms with Gasteiger partial charge in [-0.05, 0) is 32.9 Å². The van der Waals surface area contributed by atoms with Crippen molar-refractivity contribution < 1.29 is 14.7 Å². The molecule has 1 aromatic heterocycles. The number of nitrogens with zero attached hydrogens (tertiary/aromatic N) is 3. The lowest BCUT2D eigenvalue weighted by atomic mass is 10.2. The second-order valence-corrected chi connectivity index (χ2v) is 4.68. The summed E-state index contributed by atoms with van der Waals surface area (Å²) in [5.41, 5.74) is 1.13. The number of carbonyl (C=O) groups excluding carboxylic acids is 1. The largest absolute Gasteiger partial charge is 0.481 e. The van der Waals surface area contributed by atoms with Gasteiger partial charge >= 0.3 is 5.97 Å². The Bertz CT molecular complexity index is 561. The summed E-state index contributed by atoms with van der Waals surface area (Å²) < 4.78 is 0. The van der Waals surface area contributed by atoms with Gasteiger partial charge in [-0.25, -0.2) is 4.98 Å². The summed E-state index contributed by atoms with van der Waals surface area (Å²) in [4.78, 5) is 28.5. The molecule has 1 heterocycles. The fraction of sp³-hybridized carbons (Fsp3) is 0.429. The minimum Gasteiger partial charge on any atom is -0.481 e. The number of aryl methyl sites for hydroxylation is 1. The molecule has 106 valence electrons. The molecule has 0 aliphatic carbocycles. The maximum atomic E-state index is 12.3. The minimum atomic E-state index is -0.951. The van der Waals surface area contributed by atoms with Crippen LogP contribution < -0.4 is 0 Å². The second kappa shape index (κ2) is 6.66. The van der Waals surface area contributed by atoms with E-state index in [9.17, 15) is 9.59 Å². The molecule has 20 heavy (non-hydrogen) atoms. The normalized spacial score (nSPS) is 10.2. The number of hydrogen-bond acceptors (Lipinski definition) is 4. The number of nitriles is 1. The monoisotopic (exact) mass is 275 g/mol. The van der Waals surface area contributed by atoms with Crippen LogP contribution in [0.15, 0.2) is 12.1 Å². The molecule has 0 saturated carbocycles. The number of carbonyl (C=O) groups is 2. The number of aliphatic carboxylic acids is 1. The average molecular weight is 275 g/mol. The summed E-state index contributed by atoms with van der Waals surface area (Å²) in [6.07, 6.45) is -0.112. The summed E-state index contributed by atoms with van der Waals surface area (Å²) in [6.45, 7) is 5.42. The van der Waals surface area contributed by atoms with Crippen LogP contribution in [0.1, 0.15) is 42.0 Å². The van der Waals surface area contributed by atoms with Crippen molar-refractivity contribution in [2.45, 2.75) is 33.2 Å². The zero-order valence-electron chi connectivity index (χ0n) is 11.8. The molecule has 1 aromatic rings. The molecule has 0 saturated heterocycles. The Hall–Kier alpha value is -2.42. The van der Waals surface area contributed by atoms with Crippen molar-refractivity contribution in [3.8, 4) is 6.07 Å². The summed E-state index contributed by atoms with van der Waals surface area (Å²) in [5, 5.41) is 17.6. The number of aromatic nitrogens is 1. The SMILES string of the molecule is Cc1nc(C(=O)N(CCC(=O)O)C(C)C)ccc1C#N. The first kappa shape index (κ1) is 15.6. The lowest BCUT2D eigenvalue weighted by molar-refractivity contribution is -0.137. The molecule has 0 radical (unpaired) electrons. The molecule has 1 amide bonds. The van der Waals surface area contributed by atoms with E-state index in [1.165, 1.54) is 11.0 Å². The quantitative estimate of drug-likeness (QED) is 0.880. The third-order valence-electron chi connectivity index (χ3n) is 2.88. The van der Waals surface area contributed by atoms with E-state index in [2.05, 4.69) is 4.98 Å². The summed E-state index contributed by atoms with van der Waals surface area (Å²) in [7, 11) is 0. The fourth-order valence-electron chi connectivity index (χ4n) is 1.76. The Kier molecular flexibility index (Phi) is 5.21. The average Bonchev–Trinajstić information content (AvgIpc) is 2.37. The van der Waals surface area contributed by atoms with Gasteiger partial charge in [0.05, 0.1) is 17.7 Å². The maximum Gasteiger partial charge on any atom is 0.305 e. The van der Waals surface area contributed by atoms with Gasteiger partial charge in [0.2, 0.25) is 0 Å². The van der Waals surface area contributed by atoms with Crippen LogP contribution in [0, 0.1) is 18.3 Å². The van der Waals surface area contributed by atoms with Crippen molar-refractivity contribution in [3.05, 3.63) is 29.1 Å². The molecular weight excluding hydrogens is 258 g/mol. The molecule has 0 fully saturated rings. The lowest BCUT2D eigenvalue weighted by Gasteiger charge is -2.25. The van der Waals surface area contributed by atoms with E-state index < -0.39 is 5.97 Å². The number of pyridine rings is 1. The highest BCUT2D eigenvalue weighted by molar-refractivity contribution is 5.92. The molecule has 0 aliphatic heterocycles. The first-order valence-corrected chi connectivity index (χ1v) is 6.27. The van der Waals surface area contributed by atoms with E-state index in [1.54, 1.807) is 13.0 Å². The molecule has 0 spiro atoms. The molecule has 1 rings (SSSR count). The Morgan fingerprint density at radius 2 is 2.10 bits per heavy atom. The predicted molar refractivity (Wildman–Crippen MR) is 72.1 cm³/mol. The van der Waals surface area contributed by atoms with Crippen LogP contribution in [-0.2, 0) is 4.79 Å². The van der Waals surface area contributed by atoms with Crippen molar-refractivity contribution in [1.29, 1.82) is 5.26 Å². The number of rotatable bonds is 5. The smallest absolute Gasteiger partial charge is 0.305 e. The number of hydrogen-bond donors (Lipinski definition) is 1. The number of amides is 1. The van der Waals surface area contributed by atoms with Crippen LogP contribution in [0.25, 0.3) is 0 Å². The predicted octanol–water partition coefficient (Wildman–Crippen LogP) is 1.59. The van der Waals surface area contributed by atoms with Crippen LogP contribution in [0.3, 0.4) is 0 Å². The van der Waals surface area contributed by atoms with Crippen molar-refractivity contribution in [3.63, 3.8) is 0 Å². The van der Waals surface area contributed by atoms with E-state index in [-0.39, 0.29) is 30.6 Å². The Morgan fingerprint density at radius 1 is 1.45 bits per heavy atom. The molecule has 0 aromatic carbocycles. The van der Waals surface area contributed by atoms with Gasteiger partial charge in [-0.1, -0.05) is 0 Å². The molecule has 1 N–H and O–H groups in total. The van der Waals surface area contributed by atoms with Crippen LogP contribution in [0.5, 0.6) is 0 Å². The minimum absolute atomic E-state index is 0.112. The van der Waals surface area contributed by atoms with Crippen molar-refractivity contribution in [1.82, 2.24) is 9.88 Å². The third-order valence-corrected chi connectivity index (χ3v) is 2.88. The summed E-state index contributed by atoms with van der Waals surface area (Å²) >= 11 is 0. The second-order valence-electron chi connectivity index (χ2n) is 4.68. The number of carboxylic acid groups (broad SMARTS) is 1. The molecule has 6 heteroatoms. The number of carboxylic acids is 1. The van der Waals surface area contributed by atoms with Gasteiger partial charge in [0, 0.05) is 12.6 Å². The van der Waals surface area contributed by atoms with Gasteiger partial charge in [0.15, 0.2) is 0 Å². The molecule has 6 nitrogen and oxygen atoms in total. The Labute approximate surface area is 117 Å². The van der Waals surface area contributed by atoms with Crippen molar-refractivity contribution in [2.24, 2.45) is 0 Å². The zero-order chi connectivity index (χ0) is 15.3. The Balaban J connectivity index is 2.98. The van der Waals surface area contributed by atoms with Crippen LogP contribution in [-0.4, -0.2) is 39.5 Å². The van der Waals surface area contributed by atoms with Gasteiger partial charge in [0.25, 0.3) is 5.91 Å². The van der Waals surface area contributed by atoms with E-state index >= 15 is 0 Å². The molecule has 0 atom stereocenters. The molecule has 0 aliphatic rings. The van der Waals surface area contributed by atoms with E-state index in [4.69, 9.17) is 10.4 Å². The van der Waals surface area contributed by atoms with Crippen LogP contribution >= 0.6 is 0 Å². The van der Waals surface area contributed by atoms with Crippen molar-refractivity contribution >= 4 is 11.9 Å². The molecule has 0 unspecified atom stereocenters. The van der Waals surface area contributed by atoms with Gasteiger partial charge < -0.3 is 10.0 Å². The van der Waals surface area contributed by atoms with Gasteiger partial charge in [-0.2, -0.15) is 5.26 Å². The highest BCUT2D eigenvalue weighted by Gasteiger charge is 2.21. The molecular formula is C14H17N3O3. The topological polar surface area (TPSA) is 94.3 Å². The first-order valence-electron chi connectivity index (χ1n) is 6.27. The highest BCUT2D eigenvalue weighted by Crippen LogP contribution is 2.11. The highest BCUT2D eigenvalue weighted by atomic mass is 16.4. The summed E-state index contributed by atoms with van der Waals surface area (Å²) in [5.74, 6) is -1.28. The molecule has 0 bridgehead atoms. The standard InChI is InChI=1S/C14H17N3O3/c1-9(2)17(7-6-13(18)19)14(20)12-5-4-11(8-15)10(3)16-12/h4-5,9H,6-7H2,1-3H3,(H,18,19). The summed E-state index contributed by atoms with van der Waals surface area (Å²) in [6, 6.07) is 4.90. The Morgan fingerprint density at radius 3 is 2.55 bits per heavy atom. The van der Waals surface area contributed by atoms with E-state index in [0.717, 1.165) is 0 Å². The van der Waals surface area contributed by atoms with Gasteiger partial charge in [-0.15, -0.1) is 0 Å². The first-order chi connectivity index (χ1) is 9.36. The third kappa shape index (κ3) is 3.79. The van der Waals surface area contributed by atoms with Gasteiger partial charge in [-0.3, -0.25) is 9.59 Å². The van der Waals surface area contributed by atoms with Crippen molar-refractivity contribution in [2.75, 3.05) is 6.54 Å².